The van der Waals surface area contributed by atoms with E-state index in [1.54, 1.807) is 6.08 Å². The fraction of sp³-hybridized carbons (Fsp3) is 0.235. The standard InChI is InChI=1S/C17H21N3/c1-6-14-11-18-20(12-14)16-10-9-15(7-2)17(13(16)4)19(5)8-3/h6,8-12H,1,3,7H2,2,4-5H3. The van der Waals surface area contributed by atoms with Crippen molar-refractivity contribution < 1.29 is 0 Å². The number of aromatic nitrogens is 2. The van der Waals surface area contributed by atoms with Gasteiger partial charge in [-0.05, 0) is 36.7 Å². The van der Waals surface area contributed by atoms with Crippen molar-refractivity contribution in [2.75, 3.05) is 11.9 Å². The van der Waals surface area contributed by atoms with E-state index in [9.17, 15) is 0 Å². The molecule has 0 saturated carbocycles. The second-order valence-corrected chi connectivity index (χ2v) is 4.79. The Morgan fingerprint density at radius 2 is 2.10 bits per heavy atom. The topological polar surface area (TPSA) is 21.1 Å². The Morgan fingerprint density at radius 3 is 2.65 bits per heavy atom. The van der Waals surface area contributed by atoms with Gasteiger partial charge in [0.15, 0.2) is 0 Å². The maximum absolute atomic E-state index is 4.40. The third kappa shape index (κ3) is 2.39. The summed E-state index contributed by atoms with van der Waals surface area (Å²) in [5.74, 6) is 0. The minimum absolute atomic E-state index is 0.992. The molecule has 1 heterocycles. The molecular formula is C17H21N3. The largest absolute Gasteiger partial charge is 0.351 e. The molecule has 2 rings (SSSR count). The van der Waals surface area contributed by atoms with Crippen molar-refractivity contribution in [3.05, 3.63) is 60.6 Å². The van der Waals surface area contributed by atoms with Gasteiger partial charge in [-0.25, -0.2) is 4.68 Å². The molecule has 20 heavy (non-hydrogen) atoms. The highest BCUT2D eigenvalue weighted by Gasteiger charge is 2.13. The molecule has 0 N–H and O–H groups in total. The van der Waals surface area contributed by atoms with Gasteiger partial charge in [-0.2, -0.15) is 5.10 Å². The number of benzene rings is 1. The molecule has 0 aliphatic heterocycles. The molecule has 1 aromatic heterocycles. The van der Waals surface area contributed by atoms with Crippen LogP contribution in [-0.2, 0) is 6.42 Å². The van der Waals surface area contributed by atoms with Crippen LogP contribution in [0, 0.1) is 6.92 Å². The Balaban J connectivity index is 2.60. The molecule has 3 nitrogen and oxygen atoms in total. The first-order chi connectivity index (χ1) is 9.62. The van der Waals surface area contributed by atoms with Crippen molar-refractivity contribution in [2.45, 2.75) is 20.3 Å². The summed E-state index contributed by atoms with van der Waals surface area (Å²) in [6.45, 7) is 11.9. The van der Waals surface area contributed by atoms with Gasteiger partial charge in [-0.1, -0.05) is 32.2 Å². The Bertz CT molecular complexity index is 638. The first-order valence-electron chi connectivity index (χ1n) is 6.77. The summed E-state index contributed by atoms with van der Waals surface area (Å²) >= 11 is 0. The van der Waals surface area contributed by atoms with Crippen LogP contribution in [0.2, 0.25) is 0 Å². The van der Waals surface area contributed by atoms with Gasteiger partial charge < -0.3 is 4.90 Å². The monoisotopic (exact) mass is 267 g/mol. The molecule has 0 saturated heterocycles. The van der Waals surface area contributed by atoms with E-state index in [0.29, 0.717) is 0 Å². The van der Waals surface area contributed by atoms with E-state index >= 15 is 0 Å². The molecule has 0 atom stereocenters. The number of hydrogen-bond acceptors (Lipinski definition) is 2. The van der Waals surface area contributed by atoms with E-state index in [4.69, 9.17) is 0 Å². The molecule has 0 aliphatic carbocycles. The summed E-state index contributed by atoms with van der Waals surface area (Å²) in [5.41, 5.74) is 5.81. The highest BCUT2D eigenvalue weighted by atomic mass is 15.3. The summed E-state index contributed by atoms with van der Waals surface area (Å²) < 4.78 is 1.90. The van der Waals surface area contributed by atoms with Crippen molar-refractivity contribution in [2.24, 2.45) is 0 Å². The van der Waals surface area contributed by atoms with Crippen molar-refractivity contribution in [1.82, 2.24) is 9.78 Å². The van der Waals surface area contributed by atoms with Crippen molar-refractivity contribution in [3.63, 3.8) is 0 Å². The fourth-order valence-corrected chi connectivity index (χ4v) is 2.44. The van der Waals surface area contributed by atoms with Crippen molar-refractivity contribution >= 4 is 11.8 Å². The molecule has 3 heteroatoms. The lowest BCUT2D eigenvalue weighted by Crippen LogP contribution is -2.13. The van der Waals surface area contributed by atoms with E-state index in [1.807, 2.05) is 30.3 Å². The van der Waals surface area contributed by atoms with E-state index in [1.165, 1.54) is 16.8 Å². The summed E-state index contributed by atoms with van der Waals surface area (Å²) in [6.07, 6.45) is 8.43. The SMILES string of the molecule is C=Cc1cnn(-c2ccc(CC)c(N(C)C=C)c2C)c1. The van der Waals surface area contributed by atoms with Crippen LogP contribution in [0.5, 0.6) is 0 Å². The molecule has 0 unspecified atom stereocenters. The first-order valence-corrected chi connectivity index (χ1v) is 6.77. The highest BCUT2D eigenvalue weighted by molar-refractivity contribution is 5.67. The van der Waals surface area contributed by atoms with Gasteiger partial charge in [0.25, 0.3) is 0 Å². The third-order valence-corrected chi connectivity index (χ3v) is 3.58. The smallest absolute Gasteiger partial charge is 0.0695 e. The average Bonchev–Trinajstić information content (AvgIpc) is 2.94. The minimum atomic E-state index is 0.992. The van der Waals surface area contributed by atoms with E-state index < -0.39 is 0 Å². The molecule has 0 radical (unpaired) electrons. The summed E-state index contributed by atoms with van der Waals surface area (Å²) in [5, 5.41) is 4.40. The van der Waals surface area contributed by atoms with Crippen LogP contribution >= 0.6 is 0 Å². The highest BCUT2D eigenvalue weighted by Crippen LogP contribution is 2.30. The normalized spacial score (nSPS) is 10.3. The van der Waals surface area contributed by atoms with Crippen LogP contribution in [0.15, 0.2) is 43.9 Å². The maximum Gasteiger partial charge on any atom is 0.0695 e. The average molecular weight is 267 g/mol. The molecule has 104 valence electrons. The van der Waals surface area contributed by atoms with Crippen molar-refractivity contribution in [1.29, 1.82) is 0 Å². The van der Waals surface area contributed by atoms with E-state index in [-0.39, 0.29) is 0 Å². The third-order valence-electron chi connectivity index (χ3n) is 3.58. The lowest BCUT2D eigenvalue weighted by Gasteiger charge is -2.22. The molecule has 0 fully saturated rings. The minimum Gasteiger partial charge on any atom is -0.351 e. The molecule has 0 spiro atoms. The maximum atomic E-state index is 4.40. The number of rotatable bonds is 5. The quantitative estimate of drug-likeness (QED) is 0.817. The van der Waals surface area contributed by atoms with Gasteiger partial charge in [-0.15, -0.1) is 0 Å². The number of aryl methyl sites for hydroxylation is 1. The van der Waals surface area contributed by atoms with Gasteiger partial charge in [0.2, 0.25) is 0 Å². The number of hydrogen-bond donors (Lipinski definition) is 0. The van der Waals surface area contributed by atoms with Crippen LogP contribution in [0.3, 0.4) is 0 Å². The Kier molecular flexibility index (Phi) is 4.08. The lowest BCUT2D eigenvalue weighted by atomic mass is 10.0. The van der Waals surface area contributed by atoms with Crippen LogP contribution in [0.4, 0.5) is 5.69 Å². The number of anilines is 1. The zero-order valence-electron chi connectivity index (χ0n) is 12.4. The zero-order valence-corrected chi connectivity index (χ0v) is 12.4. The van der Waals surface area contributed by atoms with Gasteiger partial charge in [0.05, 0.1) is 11.9 Å². The molecule has 0 amide bonds. The molecule has 2 aromatic rings. The van der Waals surface area contributed by atoms with E-state index in [2.05, 4.69) is 49.1 Å². The van der Waals surface area contributed by atoms with E-state index in [0.717, 1.165) is 17.7 Å². The second kappa shape index (κ2) is 5.78. The first kappa shape index (κ1) is 14.1. The molecular weight excluding hydrogens is 246 g/mol. The van der Waals surface area contributed by atoms with Crippen LogP contribution < -0.4 is 4.90 Å². The Morgan fingerprint density at radius 1 is 1.35 bits per heavy atom. The van der Waals surface area contributed by atoms with Crippen LogP contribution in [0.25, 0.3) is 11.8 Å². The van der Waals surface area contributed by atoms with Crippen LogP contribution in [0.1, 0.15) is 23.6 Å². The summed E-state index contributed by atoms with van der Waals surface area (Å²) in [4.78, 5) is 2.07. The predicted octanol–water partition coefficient (Wildman–Crippen LogP) is 3.97. The zero-order chi connectivity index (χ0) is 14.7. The lowest BCUT2D eigenvalue weighted by molar-refractivity contribution is 0.869. The summed E-state index contributed by atoms with van der Waals surface area (Å²) in [7, 11) is 2.02. The van der Waals surface area contributed by atoms with Gasteiger partial charge >= 0.3 is 0 Å². The summed E-state index contributed by atoms with van der Waals surface area (Å²) in [6, 6.07) is 4.28. The molecule has 0 bridgehead atoms. The number of nitrogens with zero attached hydrogens (tertiary/aromatic N) is 3. The predicted molar refractivity (Wildman–Crippen MR) is 86.4 cm³/mol. The van der Waals surface area contributed by atoms with Crippen LogP contribution in [-0.4, -0.2) is 16.8 Å². The van der Waals surface area contributed by atoms with Crippen molar-refractivity contribution in [3.8, 4) is 5.69 Å². The molecule has 1 aromatic carbocycles. The van der Waals surface area contributed by atoms with Gasteiger partial charge in [0, 0.05) is 24.5 Å². The van der Waals surface area contributed by atoms with Gasteiger partial charge in [0.1, 0.15) is 0 Å². The Labute approximate surface area is 120 Å². The Hall–Kier alpha value is -2.29. The fourth-order valence-electron chi connectivity index (χ4n) is 2.44. The second-order valence-electron chi connectivity index (χ2n) is 4.79. The molecule has 0 aliphatic rings. The van der Waals surface area contributed by atoms with Gasteiger partial charge in [-0.3, -0.25) is 0 Å².